The van der Waals surface area contributed by atoms with Gasteiger partial charge in [-0.15, -0.1) is 0 Å². The number of carbonyl (C=O) groups is 2. The Bertz CT molecular complexity index is 661. The largest absolute Gasteiger partial charge is 0.494 e. The molecular formula is C18H24FN3O4. The normalized spacial score (nSPS) is 14.1. The van der Waals surface area contributed by atoms with Crippen LogP contribution in [0.5, 0.6) is 5.75 Å². The van der Waals surface area contributed by atoms with Gasteiger partial charge in [-0.05, 0) is 44.7 Å². The Morgan fingerprint density at radius 2 is 2.04 bits per heavy atom. The number of halogens is 1. The Morgan fingerprint density at radius 3 is 2.73 bits per heavy atom. The number of amides is 2. The van der Waals surface area contributed by atoms with E-state index in [1.807, 2.05) is 11.9 Å². The molecule has 26 heavy (non-hydrogen) atoms. The van der Waals surface area contributed by atoms with Crippen LogP contribution in [0, 0.1) is 5.82 Å². The summed E-state index contributed by atoms with van der Waals surface area (Å²) >= 11 is 0. The van der Waals surface area contributed by atoms with Crippen LogP contribution in [-0.2, 0) is 9.53 Å². The first-order valence-corrected chi connectivity index (χ1v) is 8.50. The third kappa shape index (κ3) is 6.03. The fourth-order valence-corrected chi connectivity index (χ4v) is 2.48. The molecule has 0 bridgehead atoms. The Balaban J connectivity index is 1.82. The highest BCUT2D eigenvalue weighted by Crippen LogP contribution is 2.12. The first-order valence-electron chi connectivity index (χ1n) is 8.50. The SMILES string of the molecule is CCOC(=O)C1=C(CN(C)CCCOc2ccc(F)cc2)NC(=O)NC1. The summed E-state index contributed by atoms with van der Waals surface area (Å²) in [5, 5.41) is 5.25. The summed E-state index contributed by atoms with van der Waals surface area (Å²) < 4.78 is 23.4. The molecule has 0 radical (unpaired) electrons. The second-order valence-corrected chi connectivity index (χ2v) is 5.88. The zero-order chi connectivity index (χ0) is 18.9. The minimum atomic E-state index is -0.428. The van der Waals surface area contributed by atoms with Crippen LogP contribution in [0.1, 0.15) is 13.3 Å². The number of hydrogen-bond donors (Lipinski definition) is 2. The minimum Gasteiger partial charge on any atom is -0.494 e. The zero-order valence-corrected chi connectivity index (χ0v) is 15.0. The fourth-order valence-electron chi connectivity index (χ4n) is 2.48. The van der Waals surface area contributed by atoms with Gasteiger partial charge in [0.15, 0.2) is 0 Å². The van der Waals surface area contributed by atoms with Gasteiger partial charge in [-0.1, -0.05) is 0 Å². The maximum atomic E-state index is 12.8. The van der Waals surface area contributed by atoms with E-state index in [2.05, 4.69) is 10.6 Å². The monoisotopic (exact) mass is 365 g/mol. The molecule has 0 aliphatic carbocycles. The summed E-state index contributed by atoms with van der Waals surface area (Å²) in [5.74, 6) is -0.109. The van der Waals surface area contributed by atoms with Crippen LogP contribution >= 0.6 is 0 Å². The van der Waals surface area contributed by atoms with Gasteiger partial charge in [0.2, 0.25) is 0 Å². The molecule has 1 heterocycles. The number of likely N-dealkylation sites (N-methyl/N-ethyl adjacent to an activating group) is 1. The van der Waals surface area contributed by atoms with Crippen molar-refractivity contribution >= 4 is 12.0 Å². The van der Waals surface area contributed by atoms with Gasteiger partial charge in [0.25, 0.3) is 0 Å². The first-order chi connectivity index (χ1) is 12.5. The summed E-state index contributed by atoms with van der Waals surface area (Å²) in [6.45, 7) is 3.76. The number of nitrogens with zero attached hydrogens (tertiary/aromatic N) is 1. The summed E-state index contributed by atoms with van der Waals surface area (Å²) in [4.78, 5) is 25.5. The van der Waals surface area contributed by atoms with Crippen LogP contribution in [0.3, 0.4) is 0 Å². The van der Waals surface area contributed by atoms with Gasteiger partial charge in [0.1, 0.15) is 11.6 Å². The lowest BCUT2D eigenvalue weighted by molar-refractivity contribution is -0.138. The zero-order valence-electron chi connectivity index (χ0n) is 15.0. The van der Waals surface area contributed by atoms with Crippen molar-refractivity contribution < 1.29 is 23.5 Å². The van der Waals surface area contributed by atoms with Crippen molar-refractivity contribution in [3.63, 3.8) is 0 Å². The molecule has 1 aromatic rings. The number of hydrogen-bond acceptors (Lipinski definition) is 5. The first kappa shape index (κ1) is 19.7. The van der Waals surface area contributed by atoms with E-state index in [-0.39, 0.29) is 25.0 Å². The second-order valence-electron chi connectivity index (χ2n) is 5.88. The lowest BCUT2D eigenvalue weighted by Gasteiger charge is -2.25. The molecule has 1 aliphatic rings. The molecule has 1 aliphatic heterocycles. The van der Waals surface area contributed by atoms with Crippen LogP contribution in [0.15, 0.2) is 35.5 Å². The van der Waals surface area contributed by atoms with Gasteiger partial charge >= 0.3 is 12.0 Å². The van der Waals surface area contributed by atoms with Crippen molar-refractivity contribution in [2.24, 2.45) is 0 Å². The molecule has 2 rings (SSSR count). The van der Waals surface area contributed by atoms with E-state index in [4.69, 9.17) is 9.47 Å². The maximum absolute atomic E-state index is 12.8. The lowest BCUT2D eigenvalue weighted by Crippen LogP contribution is -2.46. The Labute approximate surface area is 152 Å². The molecule has 142 valence electrons. The van der Waals surface area contributed by atoms with Crippen molar-refractivity contribution in [1.82, 2.24) is 15.5 Å². The van der Waals surface area contributed by atoms with Gasteiger partial charge < -0.3 is 25.0 Å². The number of nitrogens with one attached hydrogen (secondary N) is 2. The smallest absolute Gasteiger partial charge is 0.337 e. The van der Waals surface area contributed by atoms with Crippen LogP contribution in [0.25, 0.3) is 0 Å². The summed E-state index contributed by atoms with van der Waals surface area (Å²) in [6, 6.07) is 5.54. The van der Waals surface area contributed by atoms with Crippen molar-refractivity contribution in [1.29, 1.82) is 0 Å². The number of ether oxygens (including phenoxy) is 2. The third-order valence-electron chi connectivity index (χ3n) is 3.77. The quantitative estimate of drug-likeness (QED) is 0.514. The molecule has 0 atom stereocenters. The summed E-state index contributed by atoms with van der Waals surface area (Å²) in [7, 11) is 1.89. The van der Waals surface area contributed by atoms with E-state index in [9.17, 15) is 14.0 Å². The van der Waals surface area contributed by atoms with Crippen molar-refractivity contribution in [2.75, 3.05) is 39.9 Å². The Hall–Kier alpha value is -2.61. The van der Waals surface area contributed by atoms with Gasteiger partial charge in [-0.2, -0.15) is 0 Å². The number of urea groups is 1. The maximum Gasteiger partial charge on any atom is 0.337 e. The Kier molecular flexibility index (Phi) is 7.40. The molecule has 0 spiro atoms. The Morgan fingerprint density at radius 1 is 1.31 bits per heavy atom. The fraction of sp³-hybridized carbons (Fsp3) is 0.444. The molecule has 2 amide bonds. The van der Waals surface area contributed by atoms with E-state index >= 15 is 0 Å². The highest BCUT2D eigenvalue weighted by molar-refractivity contribution is 5.93. The second kappa shape index (κ2) is 9.76. The van der Waals surface area contributed by atoms with Crippen LogP contribution in [-0.4, -0.2) is 56.8 Å². The summed E-state index contributed by atoms with van der Waals surface area (Å²) in [6.07, 6.45) is 0.738. The highest BCUT2D eigenvalue weighted by atomic mass is 19.1. The van der Waals surface area contributed by atoms with E-state index in [1.54, 1.807) is 19.1 Å². The molecule has 0 saturated heterocycles. The van der Waals surface area contributed by atoms with E-state index in [0.717, 1.165) is 6.42 Å². The molecule has 8 heteroatoms. The van der Waals surface area contributed by atoms with Crippen molar-refractivity contribution in [3.05, 3.63) is 41.4 Å². The third-order valence-corrected chi connectivity index (χ3v) is 3.77. The van der Waals surface area contributed by atoms with Gasteiger partial charge in [0.05, 0.1) is 25.3 Å². The summed E-state index contributed by atoms with van der Waals surface area (Å²) in [5.41, 5.74) is 0.981. The number of carbonyl (C=O) groups excluding carboxylic acids is 2. The number of rotatable bonds is 9. The van der Waals surface area contributed by atoms with E-state index in [1.165, 1.54) is 12.1 Å². The van der Waals surface area contributed by atoms with Crippen LogP contribution in [0.4, 0.5) is 9.18 Å². The number of esters is 1. The molecule has 2 N–H and O–H groups in total. The van der Waals surface area contributed by atoms with Crippen LogP contribution in [0.2, 0.25) is 0 Å². The predicted molar refractivity (Wildman–Crippen MR) is 94.2 cm³/mol. The van der Waals surface area contributed by atoms with Crippen molar-refractivity contribution in [2.45, 2.75) is 13.3 Å². The molecular weight excluding hydrogens is 341 g/mol. The van der Waals surface area contributed by atoms with E-state index < -0.39 is 5.97 Å². The van der Waals surface area contributed by atoms with Crippen LogP contribution < -0.4 is 15.4 Å². The molecule has 7 nitrogen and oxygen atoms in total. The average Bonchev–Trinajstić information content (AvgIpc) is 2.60. The van der Waals surface area contributed by atoms with Gasteiger partial charge in [-0.3, -0.25) is 0 Å². The standard InChI is InChI=1S/C18H24FN3O4/c1-3-25-17(23)15-11-20-18(24)21-16(15)12-22(2)9-4-10-26-14-7-5-13(19)6-8-14/h5-8H,3-4,9-12H2,1-2H3,(H2,20,21,24). The van der Waals surface area contributed by atoms with Gasteiger partial charge in [0, 0.05) is 18.8 Å². The number of benzene rings is 1. The molecule has 0 fully saturated rings. The van der Waals surface area contributed by atoms with Gasteiger partial charge in [-0.25, -0.2) is 14.0 Å². The molecule has 0 saturated carbocycles. The molecule has 0 aromatic heterocycles. The van der Waals surface area contributed by atoms with Crippen molar-refractivity contribution in [3.8, 4) is 5.75 Å². The predicted octanol–water partition coefficient (Wildman–Crippen LogP) is 1.66. The topological polar surface area (TPSA) is 79.9 Å². The molecule has 1 aromatic carbocycles. The highest BCUT2D eigenvalue weighted by Gasteiger charge is 2.24. The lowest BCUT2D eigenvalue weighted by atomic mass is 10.1. The average molecular weight is 365 g/mol. The minimum absolute atomic E-state index is 0.154. The molecule has 0 unspecified atom stereocenters. The van der Waals surface area contributed by atoms with E-state index in [0.29, 0.717) is 36.7 Å².